The molecule has 19 heavy (non-hydrogen) atoms. The van der Waals surface area contributed by atoms with E-state index in [0.29, 0.717) is 24.9 Å². The molecule has 0 aliphatic heterocycles. The number of nitrogens with one attached hydrogen (secondary N) is 1. The zero-order valence-corrected chi connectivity index (χ0v) is 12.0. The average molecular weight is 263 g/mol. The van der Waals surface area contributed by atoms with Gasteiger partial charge in [0, 0.05) is 18.2 Å². The van der Waals surface area contributed by atoms with Crippen LogP contribution in [0.3, 0.4) is 0 Å². The summed E-state index contributed by atoms with van der Waals surface area (Å²) in [5.74, 6) is 1.64. The predicted molar refractivity (Wildman–Crippen MR) is 77.5 cm³/mol. The fourth-order valence-corrected chi connectivity index (χ4v) is 2.88. The van der Waals surface area contributed by atoms with Gasteiger partial charge in [-0.25, -0.2) is 0 Å². The molecule has 2 N–H and O–H groups in total. The number of phenolic OH excluding ortho intramolecular Hbond substituents is 1. The molecule has 0 aromatic heterocycles. The summed E-state index contributed by atoms with van der Waals surface area (Å²) in [6.45, 7) is 5.44. The maximum atomic E-state index is 10.1. The quantitative estimate of drug-likeness (QED) is 0.826. The summed E-state index contributed by atoms with van der Waals surface area (Å²) in [5.41, 5.74) is 0.913. The normalized spacial score (nSPS) is 17.6. The van der Waals surface area contributed by atoms with Gasteiger partial charge in [-0.05, 0) is 38.7 Å². The van der Waals surface area contributed by atoms with Gasteiger partial charge in [0.2, 0.25) is 0 Å². The van der Waals surface area contributed by atoms with Crippen molar-refractivity contribution in [3.8, 4) is 11.5 Å². The number of phenols is 1. The van der Waals surface area contributed by atoms with Crippen LogP contribution in [0.2, 0.25) is 0 Å². The van der Waals surface area contributed by atoms with E-state index in [-0.39, 0.29) is 5.75 Å². The second kappa shape index (κ2) is 6.80. The zero-order valence-electron chi connectivity index (χ0n) is 12.0. The topological polar surface area (TPSA) is 41.5 Å². The van der Waals surface area contributed by atoms with Crippen LogP contribution >= 0.6 is 0 Å². The molecule has 0 saturated heterocycles. The Morgan fingerprint density at radius 3 is 2.79 bits per heavy atom. The molecule has 0 radical (unpaired) electrons. The molecule has 2 rings (SSSR count). The first-order valence-corrected chi connectivity index (χ1v) is 7.39. The number of benzene rings is 1. The van der Waals surface area contributed by atoms with Crippen LogP contribution in [-0.2, 0) is 6.54 Å². The highest BCUT2D eigenvalue weighted by Crippen LogP contribution is 2.31. The van der Waals surface area contributed by atoms with Crippen molar-refractivity contribution in [3.05, 3.63) is 23.8 Å². The Morgan fingerprint density at radius 2 is 2.11 bits per heavy atom. The van der Waals surface area contributed by atoms with E-state index in [4.69, 9.17) is 4.74 Å². The summed E-state index contributed by atoms with van der Waals surface area (Å²) < 4.78 is 5.41. The minimum absolute atomic E-state index is 0.274. The van der Waals surface area contributed by atoms with Crippen molar-refractivity contribution >= 4 is 0 Å². The SMILES string of the molecule is CCOc1cccc(CNC(C)C2CCCC2)c1O. The molecule has 106 valence electrons. The van der Waals surface area contributed by atoms with Crippen molar-refractivity contribution < 1.29 is 9.84 Å². The van der Waals surface area contributed by atoms with Crippen LogP contribution in [0.4, 0.5) is 0 Å². The number of hydrogen-bond donors (Lipinski definition) is 2. The van der Waals surface area contributed by atoms with Gasteiger partial charge in [0.1, 0.15) is 0 Å². The summed E-state index contributed by atoms with van der Waals surface area (Å²) in [6.07, 6.45) is 5.39. The summed E-state index contributed by atoms with van der Waals surface area (Å²) in [7, 11) is 0. The predicted octanol–water partition coefficient (Wildman–Crippen LogP) is 3.46. The largest absolute Gasteiger partial charge is 0.504 e. The van der Waals surface area contributed by atoms with Crippen LogP contribution in [-0.4, -0.2) is 17.8 Å². The molecule has 1 saturated carbocycles. The van der Waals surface area contributed by atoms with Crippen molar-refractivity contribution in [2.75, 3.05) is 6.61 Å². The third kappa shape index (κ3) is 3.63. The van der Waals surface area contributed by atoms with Gasteiger partial charge in [-0.3, -0.25) is 0 Å². The van der Waals surface area contributed by atoms with Gasteiger partial charge in [-0.2, -0.15) is 0 Å². The van der Waals surface area contributed by atoms with Gasteiger partial charge in [0.15, 0.2) is 11.5 Å². The monoisotopic (exact) mass is 263 g/mol. The Balaban J connectivity index is 1.93. The highest BCUT2D eigenvalue weighted by atomic mass is 16.5. The van der Waals surface area contributed by atoms with E-state index >= 15 is 0 Å². The number of para-hydroxylation sites is 1. The molecular weight excluding hydrogens is 238 g/mol. The standard InChI is InChI=1S/C16H25NO2/c1-3-19-15-10-6-9-14(16(15)18)11-17-12(2)13-7-4-5-8-13/h6,9-10,12-13,17-18H,3-5,7-8,11H2,1-2H3. The Labute approximate surface area is 116 Å². The van der Waals surface area contributed by atoms with E-state index in [9.17, 15) is 5.11 Å². The third-order valence-electron chi connectivity index (χ3n) is 4.10. The molecule has 1 aliphatic rings. The number of aromatic hydroxyl groups is 1. The molecule has 1 aromatic rings. The molecule has 0 amide bonds. The number of rotatable bonds is 6. The Morgan fingerprint density at radius 1 is 1.37 bits per heavy atom. The molecule has 3 nitrogen and oxygen atoms in total. The highest BCUT2D eigenvalue weighted by Gasteiger charge is 2.21. The van der Waals surface area contributed by atoms with Crippen LogP contribution in [0.15, 0.2) is 18.2 Å². The molecule has 3 heteroatoms. The van der Waals surface area contributed by atoms with Gasteiger partial charge in [0.05, 0.1) is 6.61 Å². The lowest BCUT2D eigenvalue weighted by Crippen LogP contribution is -2.31. The Bertz CT molecular complexity index is 400. The lowest BCUT2D eigenvalue weighted by atomic mass is 9.99. The van der Waals surface area contributed by atoms with E-state index < -0.39 is 0 Å². The maximum Gasteiger partial charge on any atom is 0.162 e. The van der Waals surface area contributed by atoms with Crippen molar-refractivity contribution in [2.24, 2.45) is 5.92 Å². The fourth-order valence-electron chi connectivity index (χ4n) is 2.88. The van der Waals surface area contributed by atoms with Crippen LogP contribution in [0, 0.1) is 5.92 Å². The van der Waals surface area contributed by atoms with Crippen molar-refractivity contribution in [1.29, 1.82) is 0 Å². The first-order chi connectivity index (χ1) is 9.22. The van der Waals surface area contributed by atoms with Crippen molar-refractivity contribution in [1.82, 2.24) is 5.32 Å². The maximum absolute atomic E-state index is 10.1. The fraction of sp³-hybridized carbons (Fsp3) is 0.625. The van der Waals surface area contributed by atoms with Crippen molar-refractivity contribution in [2.45, 2.75) is 52.1 Å². The second-order valence-electron chi connectivity index (χ2n) is 5.41. The summed E-state index contributed by atoms with van der Waals surface area (Å²) >= 11 is 0. The molecule has 1 aliphatic carbocycles. The summed E-state index contributed by atoms with van der Waals surface area (Å²) in [6, 6.07) is 6.20. The molecule has 1 unspecified atom stereocenters. The van der Waals surface area contributed by atoms with E-state index in [2.05, 4.69) is 12.2 Å². The lowest BCUT2D eigenvalue weighted by molar-refractivity contribution is 0.315. The molecule has 0 bridgehead atoms. The van der Waals surface area contributed by atoms with Gasteiger partial charge in [-0.15, -0.1) is 0 Å². The number of ether oxygens (including phenoxy) is 1. The van der Waals surface area contributed by atoms with E-state index in [1.165, 1.54) is 25.7 Å². The van der Waals surface area contributed by atoms with Crippen LogP contribution in [0.1, 0.15) is 45.1 Å². The molecular formula is C16H25NO2. The van der Waals surface area contributed by atoms with Crippen LogP contribution in [0.5, 0.6) is 11.5 Å². The van der Waals surface area contributed by atoms with Crippen LogP contribution in [0.25, 0.3) is 0 Å². The summed E-state index contributed by atoms with van der Waals surface area (Å²) in [4.78, 5) is 0. The van der Waals surface area contributed by atoms with E-state index in [0.717, 1.165) is 11.5 Å². The highest BCUT2D eigenvalue weighted by molar-refractivity contribution is 5.45. The van der Waals surface area contributed by atoms with E-state index in [1.54, 1.807) is 0 Å². The number of hydrogen-bond acceptors (Lipinski definition) is 3. The van der Waals surface area contributed by atoms with E-state index in [1.807, 2.05) is 25.1 Å². The van der Waals surface area contributed by atoms with Gasteiger partial charge in [-0.1, -0.05) is 25.0 Å². The molecule has 0 spiro atoms. The third-order valence-corrected chi connectivity index (χ3v) is 4.10. The van der Waals surface area contributed by atoms with Gasteiger partial charge in [0.25, 0.3) is 0 Å². The van der Waals surface area contributed by atoms with Crippen molar-refractivity contribution in [3.63, 3.8) is 0 Å². The minimum Gasteiger partial charge on any atom is -0.504 e. The average Bonchev–Trinajstić information content (AvgIpc) is 2.94. The zero-order chi connectivity index (χ0) is 13.7. The Kier molecular flexibility index (Phi) is 5.08. The first kappa shape index (κ1) is 14.2. The molecule has 1 fully saturated rings. The molecule has 1 aromatic carbocycles. The van der Waals surface area contributed by atoms with Gasteiger partial charge < -0.3 is 15.2 Å². The Hall–Kier alpha value is -1.22. The molecule has 0 heterocycles. The lowest BCUT2D eigenvalue weighted by Gasteiger charge is -2.21. The summed E-state index contributed by atoms with van der Waals surface area (Å²) in [5, 5.41) is 13.7. The second-order valence-corrected chi connectivity index (χ2v) is 5.41. The first-order valence-electron chi connectivity index (χ1n) is 7.39. The van der Waals surface area contributed by atoms with Crippen LogP contribution < -0.4 is 10.1 Å². The smallest absolute Gasteiger partial charge is 0.162 e. The van der Waals surface area contributed by atoms with Gasteiger partial charge >= 0.3 is 0 Å². The molecule has 1 atom stereocenters. The minimum atomic E-state index is 0.274.